The Labute approximate surface area is 102 Å². The van der Waals surface area contributed by atoms with E-state index in [1.54, 1.807) is 0 Å². The fourth-order valence-electron chi connectivity index (χ4n) is 1.68. The van der Waals surface area contributed by atoms with E-state index in [9.17, 15) is 13.2 Å². The Hall–Kier alpha value is -0.660. The van der Waals surface area contributed by atoms with Gasteiger partial charge in [-0.1, -0.05) is 6.92 Å². The maximum atomic E-state index is 11.4. The fourth-order valence-corrected chi connectivity index (χ4v) is 2.67. The van der Waals surface area contributed by atoms with Gasteiger partial charge >= 0.3 is 5.97 Å². The van der Waals surface area contributed by atoms with Crippen molar-refractivity contribution in [1.82, 2.24) is 9.62 Å². The lowest BCUT2D eigenvalue weighted by Gasteiger charge is -2.19. The van der Waals surface area contributed by atoms with Gasteiger partial charge in [-0.3, -0.25) is 9.69 Å². The average molecular weight is 264 g/mol. The van der Waals surface area contributed by atoms with Crippen molar-refractivity contribution in [1.29, 1.82) is 0 Å². The minimum atomic E-state index is -3.44. The summed E-state index contributed by atoms with van der Waals surface area (Å²) in [6.07, 6.45) is 2.04. The van der Waals surface area contributed by atoms with E-state index in [0.717, 1.165) is 6.54 Å². The molecule has 0 unspecified atom stereocenters. The van der Waals surface area contributed by atoms with E-state index in [1.807, 2.05) is 0 Å². The number of carboxylic acid groups (broad SMARTS) is 1. The van der Waals surface area contributed by atoms with Gasteiger partial charge in [0.1, 0.15) is 0 Å². The summed E-state index contributed by atoms with van der Waals surface area (Å²) in [5, 5.41) is 8.41. The molecule has 1 aliphatic rings. The number of hydrogen-bond donors (Lipinski definition) is 2. The zero-order valence-electron chi connectivity index (χ0n) is 10.1. The fraction of sp³-hybridized carbons (Fsp3) is 0.900. The first kappa shape index (κ1) is 14.4. The minimum absolute atomic E-state index is 0.349. The first-order valence-corrected chi connectivity index (χ1v) is 7.53. The lowest BCUT2D eigenvalue weighted by Crippen LogP contribution is -2.37. The first-order valence-electron chi connectivity index (χ1n) is 5.88. The van der Waals surface area contributed by atoms with Crippen molar-refractivity contribution in [2.75, 3.05) is 25.4 Å². The highest BCUT2D eigenvalue weighted by Gasteiger charge is 2.27. The van der Waals surface area contributed by atoms with Gasteiger partial charge in [0, 0.05) is 19.1 Å². The van der Waals surface area contributed by atoms with Crippen LogP contribution in [0.3, 0.4) is 0 Å². The van der Waals surface area contributed by atoms with Crippen LogP contribution in [-0.4, -0.2) is 55.8 Å². The summed E-state index contributed by atoms with van der Waals surface area (Å²) in [4.78, 5) is 12.5. The molecule has 0 heterocycles. The van der Waals surface area contributed by atoms with Crippen LogP contribution in [0.25, 0.3) is 0 Å². The number of carbonyl (C=O) groups is 1. The molecule has 17 heavy (non-hydrogen) atoms. The summed E-state index contributed by atoms with van der Waals surface area (Å²) < 4.78 is 25.2. The molecule has 0 aromatic heterocycles. The topological polar surface area (TPSA) is 86.7 Å². The molecule has 0 atom stereocenters. The summed E-state index contributed by atoms with van der Waals surface area (Å²) >= 11 is 0. The van der Waals surface area contributed by atoms with Gasteiger partial charge < -0.3 is 5.11 Å². The number of hydrogen-bond acceptors (Lipinski definition) is 4. The number of nitrogens with zero attached hydrogens (tertiary/aromatic N) is 1. The first-order chi connectivity index (χ1) is 7.94. The third-order valence-corrected chi connectivity index (χ3v) is 4.16. The van der Waals surface area contributed by atoms with Crippen molar-refractivity contribution in [3.8, 4) is 0 Å². The molecule has 0 aromatic rings. The van der Waals surface area contributed by atoms with Gasteiger partial charge in [-0.25, -0.2) is 13.1 Å². The number of rotatable bonds is 9. The molecule has 2 N–H and O–H groups in total. The quantitative estimate of drug-likeness (QED) is 0.605. The Morgan fingerprint density at radius 2 is 2.12 bits per heavy atom. The van der Waals surface area contributed by atoms with Gasteiger partial charge in [0.2, 0.25) is 10.0 Å². The molecule has 1 aliphatic carbocycles. The molecule has 6 nitrogen and oxygen atoms in total. The predicted octanol–water partition coefficient (Wildman–Crippen LogP) is -0.135. The van der Waals surface area contributed by atoms with Crippen molar-refractivity contribution >= 4 is 16.0 Å². The monoisotopic (exact) mass is 264 g/mol. The summed E-state index contributed by atoms with van der Waals surface area (Å²) in [7, 11) is -3.44. The van der Waals surface area contributed by atoms with E-state index >= 15 is 0 Å². The highest BCUT2D eigenvalue weighted by molar-refractivity contribution is 7.89. The Balaban J connectivity index is 2.21. The molecule has 0 radical (unpaired) electrons. The highest BCUT2D eigenvalue weighted by atomic mass is 32.2. The molecule has 0 amide bonds. The molecule has 0 spiro atoms. The molecule has 1 fully saturated rings. The lowest BCUT2D eigenvalue weighted by molar-refractivity contribution is -0.136. The number of likely N-dealkylation sites (N-methyl/N-ethyl adjacent to an activating group) is 1. The number of carboxylic acids is 1. The van der Waals surface area contributed by atoms with Gasteiger partial charge in [0.15, 0.2) is 0 Å². The van der Waals surface area contributed by atoms with Crippen molar-refractivity contribution in [3.05, 3.63) is 0 Å². The molecule has 0 aromatic carbocycles. The third-order valence-electron chi connectivity index (χ3n) is 2.78. The Kier molecular flexibility index (Phi) is 5.35. The molecular formula is C10H20N2O4S. The van der Waals surface area contributed by atoms with E-state index in [4.69, 9.17) is 5.11 Å². The van der Waals surface area contributed by atoms with Gasteiger partial charge in [-0.05, 0) is 19.4 Å². The van der Waals surface area contributed by atoms with E-state index in [2.05, 4.69) is 16.5 Å². The van der Waals surface area contributed by atoms with Crippen LogP contribution in [0.5, 0.6) is 0 Å². The molecule has 1 rings (SSSR count). The van der Waals surface area contributed by atoms with Crippen molar-refractivity contribution in [2.24, 2.45) is 0 Å². The second-order valence-corrected chi connectivity index (χ2v) is 6.14. The SMILES string of the molecule is CCN(CCNS(=O)(=O)CCC(=O)O)C1CC1. The predicted molar refractivity (Wildman–Crippen MR) is 64.3 cm³/mol. The maximum Gasteiger partial charge on any atom is 0.304 e. The summed E-state index contributed by atoms with van der Waals surface area (Å²) in [5.41, 5.74) is 0. The van der Waals surface area contributed by atoms with Crippen LogP contribution in [0.2, 0.25) is 0 Å². The van der Waals surface area contributed by atoms with Crippen LogP contribution in [-0.2, 0) is 14.8 Å². The number of sulfonamides is 1. The largest absolute Gasteiger partial charge is 0.481 e. The number of nitrogens with one attached hydrogen (secondary N) is 1. The van der Waals surface area contributed by atoms with Crippen LogP contribution in [0.4, 0.5) is 0 Å². The zero-order valence-corrected chi connectivity index (χ0v) is 10.9. The van der Waals surface area contributed by atoms with Crippen molar-refractivity contribution in [2.45, 2.75) is 32.2 Å². The summed E-state index contributed by atoms with van der Waals surface area (Å²) in [6, 6.07) is 0.614. The average Bonchev–Trinajstić information content (AvgIpc) is 3.06. The second-order valence-electron chi connectivity index (χ2n) is 4.22. The molecule has 1 saturated carbocycles. The molecule has 0 aliphatic heterocycles. The molecule has 100 valence electrons. The Morgan fingerprint density at radius 1 is 1.47 bits per heavy atom. The standard InChI is InChI=1S/C10H20N2O4S/c1-2-12(9-3-4-9)7-6-11-17(15,16)8-5-10(13)14/h9,11H,2-8H2,1H3,(H,13,14). The summed E-state index contributed by atoms with van der Waals surface area (Å²) in [6.45, 7) is 4.01. The van der Waals surface area contributed by atoms with Gasteiger partial charge in [-0.15, -0.1) is 0 Å². The minimum Gasteiger partial charge on any atom is -0.481 e. The molecule has 0 bridgehead atoms. The normalized spacial score (nSPS) is 16.4. The van der Waals surface area contributed by atoms with E-state index in [0.29, 0.717) is 19.1 Å². The number of aliphatic carboxylic acids is 1. The lowest BCUT2D eigenvalue weighted by atomic mass is 10.4. The summed E-state index contributed by atoms with van der Waals surface area (Å²) in [5.74, 6) is -1.44. The van der Waals surface area contributed by atoms with E-state index in [1.165, 1.54) is 12.8 Å². The van der Waals surface area contributed by atoms with Gasteiger partial charge in [-0.2, -0.15) is 0 Å². The molecular weight excluding hydrogens is 244 g/mol. The van der Waals surface area contributed by atoms with Gasteiger partial charge in [0.05, 0.1) is 12.2 Å². The van der Waals surface area contributed by atoms with Crippen LogP contribution in [0.15, 0.2) is 0 Å². The van der Waals surface area contributed by atoms with E-state index < -0.39 is 16.0 Å². The Bertz CT molecular complexity index is 351. The zero-order chi connectivity index (χ0) is 12.9. The van der Waals surface area contributed by atoms with Crippen LogP contribution < -0.4 is 4.72 Å². The highest BCUT2D eigenvalue weighted by Crippen LogP contribution is 2.25. The van der Waals surface area contributed by atoms with Crippen molar-refractivity contribution < 1.29 is 18.3 Å². The second kappa shape index (κ2) is 6.32. The van der Waals surface area contributed by atoms with Crippen LogP contribution in [0.1, 0.15) is 26.2 Å². The van der Waals surface area contributed by atoms with E-state index in [-0.39, 0.29) is 12.2 Å². The third kappa shape index (κ3) is 5.99. The Morgan fingerprint density at radius 3 is 2.59 bits per heavy atom. The van der Waals surface area contributed by atoms with Crippen molar-refractivity contribution in [3.63, 3.8) is 0 Å². The smallest absolute Gasteiger partial charge is 0.304 e. The maximum absolute atomic E-state index is 11.4. The van der Waals surface area contributed by atoms with Crippen LogP contribution >= 0.6 is 0 Å². The molecule has 7 heteroatoms. The van der Waals surface area contributed by atoms with Gasteiger partial charge in [0.25, 0.3) is 0 Å². The van der Waals surface area contributed by atoms with Crippen LogP contribution in [0, 0.1) is 0 Å². The molecule has 0 saturated heterocycles.